The maximum Gasteiger partial charge on any atom is 0.0304 e. The largest absolute Gasteiger partial charge is 0.300 e. The second-order valence-corrected chi connectivity index (χ2v) is 3.87. The minimum Gasteiger partial charge on any atom is -0.300 e. The summed E-state index contributed by atoms with van der Waals surface area (Å²) < 4.78 is 0. The molecule has 0 amide bonds. The molecule has 0 bridgehead atoms. The molecule has 1 rings (SSSR count). The quantitative estimate of drug-likeness (QED) is 0.550. The summed E-state index contributed by atoms with van der Waals surface area (Å²) in [6.45, 7) is 9.85. The maximum atomic E-state index is 4.14. The Morgan fingerprint density at radius 2 is 2.18 bits per heavy atom. The molecule has 0 aromatic rings. The number of likely N-dealkylation sites (N-methyl/N-ethyl adjacent to an activating group) is 1. The van der Waals surface area contributed by atoms with Crippen LogP contribution in [0.2, 0.25) is 0 Å². The van der Waals surface area contributed by atoms with E-state index in [0.717, 1.165) is 0 Å². The van der Waals surface area contributed by atoms with Crippen LogP contribution >= 0.6 is 0 Å². The molecule has 0 aromatic heterocycles. The van der Waals surface area contributed by atoms with E-state index in [1.54, 1.807) is 0 Å². The highest BCUT2D eigenvalue weighted by molar-refractivity contribution is 5.10. The standard InChI is InChI=1S/C10H19N/c1-8(2)9(3)10-6-5-7-11(10)4/h8,10H,3,5-7H2,1-2,4H3. The van der Waals surface area contributed by atoms with E-state index in [2.05, 4.69) is 32.4 Å². The molecule has 0 N–H and O–H groups in total. The van der Waals surface area contributed by atoms with Crippen molar-refractivity contribution in [3.63, 3.8) is 0 Å². The number of rotatable bonds is 2. The van der Waals surface area contributed by atoms with E-state index in [4.69, 9.17) is 0 Å². The average Bonchev–Trinajstić information content (AvgIpc) is 2.33. The molecule has 11 heavy (non-hydrogen) atoms. The lowest BCUT2D eigenvalue weighted by Crippen LogP contribution is -2.28. The summed E-state index contributed by atoms with van der Waals surface area (Å²) in [6.07, 6.45) is 2.65. The van der Waals surface area contributed by atoms with Gasteiger partial charge >= 0.3 is 0 Å². The van der Waals surface area contributed by atoms with Gasteiger partial charge in [-0.15, -0.1) is 0 Å². The molecule has 64 valence electrons. The van der Waals surface area contributed by atoms with Gasteiger partial charge in [-0.05, 0) is 32.4 Å². The van der Waals surface area contributed by atoms with Crippen LogP contribution in [0.15, 0.2) is 12.2 Å². The molecule has 0 aromatic carbocycles. The zero-order chi connectivity index (χ0) is 8.43. The third kappa shape index (κ3) is 1.84. The third-order valence-corrected chi connectivity index (χ3v) is 2.69. The summed E-state index contributed by atoms with van der Waals surface area (Å²) >= 11 is 0. The summed E-state index contributed by atoms with van der Waals surface area (Å²) in [4.78, 5) is 2.42. The maximum absolute atomic E-state index is 4.14. The zero-order valence-corrected chi connectivity index (χ0v) is 7.93. The van der Waals surface area contributed by atoms with E-state index >= 15 is 0 Å². The molecule has 1 saturated heterocycles. The Kier molecular flexibility index (Phi) is 2.72. The molecule has 0 spiro atoms. The summed E-state index contributed by atoms with van der Waals surface area (Å²) in [7, 11) is 2.20. The fourth-order valence-electron chi connectivity index (χ4n) is 1.76. The molecule has 1 nitrogen and oxygen atoms in total. The molecule has 1 unspecified atom stereocenters. The Bertz CT molecular complexity index is 149. The fraction of sp³-hybridized carbons (Fsp3) is 0.800. The molecule has 0 aliphatic carbocycles. The van der Waals surface area contributed by atoms with Crippen LogP contribution in [-0.2, 0) is 0 Å². The Balaban J connectivity index is 2.53. The van der Waals surface area contributed by atoms with Gasteiger partial charge in [-0.2, -0.15) is 0 Å². The van der Waals surface area contributed by atoms with Gasteiger partial charge in [-0.3, -0.25) is 4.90 Å². The Morgan fingerprint density at radius 3 is 2.55 bits per heavy atom. The normalized spacial score (nSPS) is 26.4. The molecule has 1 atom stereocenters. The molecular weight excluding hydrogens is 134 g/mol. The highest BCUT2D eigenvalue weighted by Gasteiger charge is 2.24. The summed E-state index contributed by atoms with van der Waals surface area (Å²) in [5, 5.41) is 0. The molecular formula is C10H19N. The molecule has 0 saturated carbocycles. The number of nitrogens with zero attached hydrogens (tertiary/aromatic N) is 1. The monoisotopic (exact) mass is 153 g/mol. The van der Waals surface area contributed by atoms with Crippen molar-refractivity contribution in [1.29, 1.82) is 0 Å². The van der Waals surface area contributed by atoms with Crippen LogP contribution in [-0.4, -0.2) is 24.5 Å². The Morgan fingerprint density at radius 1 is 1.55 bits per heavy atom. The lowest BCUT2D eigenvalue weighted by Gasteiger charge is -2.24. The lowest BCUT2D eigenvalue weighted by molar-refractivity contribution is 0.331. The van der Waals surface area contributed by atoms with Gasteiger partial charge in [-0.25, -0.2) is 0 Å². The molecule has 0 radical (unpaired) electrons. The van der Waals surface area contributed by atoms with Gasteiger partial charge in [0.2, 0.25) is 0 Å². The van der Waals surface area contributed by atoms with Crippen molar-refractivity contribution in [2.75, 3.05) is 13.6 Å². The van der Waals surface area contributed by atoms with Crippen molar-refractivity contribution in [1.82, 2.24) is 4.90 Å². The first-order valence-electron chi connectivity index (χ1n) is 4.52. The van der Waals surface area contributed by atoms with Gasteiger partial charge in [0.05, 0.1) is 0 Å². The first-order valence-corrected chi connectivity index (χ1v) is 4.52. The van der Waals surface area contributed by atoms with Crippen LogP contribution in [0.5, 0.6) is 0 Å². The van der Waals surface area contributed by atoms with E-state index in [-0.39, 0.29) is 0 Å². The lowest BCUT2D eigenvalue weighted by atomic mass is 9.96. The van der Waals surface area contributed by atoms with Gasteiger partial charge in [-0.1, -0.05) is 26.0 Å². The predicted octanol–water partition coefficient (Wildman–Crippen LogP) is 2.29. The van der Waals surface area contributed by atoms with Crippen molar-refractivity contribution in [2.45, 2.75) is 32.7 Å². The van der Waals surface area contributed by atoms with E-state index in [1.165, 1.54) is 25.0 Å². The van der Waals surface area contributed by atoms with E-state index < -0.39 is 0 Å². The van der Waals surface area contributed by atoms with Crippen LogP contribution in [0.4, 0.5) is 0 Å². The van der Waals surface area contributed by atoms with Crippen molar-refractivity contribution < 1.29 is 0 Å². The van der Waals surface area contributed by atoms with Crippen molar-refractivity contribution in [3.05, 3.63) is 12.2 Å². The Labute approximate surface area is 70.1 Å². The van der Waals surface area contributed by atoms with Crippen molar-refractivity contribution in [2.24, 2.45) is 5.92 Å². The summed E-state index contributed by atoms with van der Waals surface area (Å²) in [6, 6.07) is 0.662. The second-order valence-electron chi connectivity index (χ2n) is 3.87. The van der Waals surface area contributed by atoms with Crippen molar-refractivity contribution in [3.8, 4) is 0 Å². The fourth-order valence-corrected chi connectivity index (χ4v) is 1.76. The van der Waals surface area contributed by atoms with Crippen molar-refractivity contribution >= 4 is 0 Å². The van der Waals surface area contributed by atoms with Gasteiger partial charge in [0.25, 0.3) is 0 Å². The minimum absolute atomic E-state index is 0.639. The first kappa shape index (κ1) is 8.79. The predicted molar refractivity (Wildman–Crippen MR) is 49.6 cm³/mol. The Hall–Kier alpha value is -0.300. The van der Waals surface area contributed by atoms with Gasteiger partial charge in [0.15, 0.2) is 0 Å². The molecule has 1 heterocycles. The van der Waals surface area contributed by atoms with Gasteiger partial charge < -0.3 is 0 Å². The van der Waals surface area contributed by atoms with Crippen LogP contribution in [0, 0.1) is 5.92 Å². The highest BCUT2D eigenvalue weighted by Crippen LogP contribution is 2.25. The van der Waals surface area contributed by atoms with E-state index in [9.17, 15) is 0 Å². The number of hydrogen-bond acceptors (Lipinski definition) is 1. The SMILES string of the molecule is C=C(C(C)C)C1CCCN1C. The smallest absolute Gasteiger partial charge is 0.0304 e. The van der Waals surface area contributed by atoms with Gasteiger partial charge in [0, 0.05) is 6.04 Å². The topological polar surface area (TPSA) is 3.24 Å². The minimum atomic E-state index is 0.639. The van der Waals surface area contributed by atoms with Crippen LogP contribution in [0.25, 0.3) is 0 Å². The van der Waals surface area contributed by atoms with Crippen LogP contribution in [0.3, 0.4) is 0 Å². The highest BCUT2D eigenvalue weighted by atomic mass is 15.1. The molecule has 1 fully saturated rings. The van der Waals surface area contributed by atoms with Crippen LogP contribution in [0.1, 0.15) is 26.7 Å². The molecule has 1 aliphatic rings. The summed E-state index contributed by atoms with van der Waals surface area (Å²) in [5.41, 5.74) is 1.41. The summed E-state index contributed by atoms with van der Waals surface area (Å²) in [5.74, 6) is 0.639. The second kappa shape index (κ2) is 3.40. The average molecular weight is 153 g/mol. The first-order chi connectivity index (χ1) is 5.13. The van der Waals surface area contributed by atoms with E-state index in [1.807, 2.05) is 0 Å². The van der Waals surface area contributed by atoms with Crippen LogP contribution < -0.4 is 0 Å². The number of likely N-dealkylation sites (tertiary alicyclic amines) is 1. The van der Waals surface area contributed by atoms with E-state index in [0.29, 0.717) is 12.0 Å². The zero-order valence-electron chi connectivity index (χ0n) is 7.93. The number of hydrogen-bond donors (Lipinski definition) is 0. The molecule has 1 heteroatoms. The van der Waals surface area contributed by atoms with Gasteiger partial charge in [0.1, 0.15) is 0 Å². The third-order valence-electron chi connectivity index (χ3n) is 2.69. The molecule has 1 aliphatic heterocycles.